The van der Waals surface area contributed by atoms with E-state index in [4.69, 9.17) is 4.99 Å². The molecule has 0 N–H and O–H groups in total. The lowest BCUT2D eigenvalue weighted by molar-refractivity contribution is 1.47. The molecule has 0 atom stereocenters. The van der Waals surface area contributed by atoms with Crippen molar-refractivity contribution in [3.63, 3.8) is 0 Å². The molecule has 0 aliphatic rings. The van der Waals surface area contributed by atoms with Crippen LogP contribution in [0.4, 0.5) is 0 Å². The van der Waals surface area contributed by atoms with Crippen LogP contribution >= 0.6 is 12.6 Å². The Morgan fingerprint density at radius 1 is 0.950 bits per heavy atom. The molecule has 0 amide bonds. The molecule has 2 aromatic carbocycles. The first-order valence-electron chi connectivity index (χ1n) is 6.42. The molecule has 0 unspecified atom stereocenters. The molecule has 2 rings (SSSR count). The van der Waals surface area contributed by atoms with Gasteiger partial charge in [-0.25, -0.2) is 0 Å². The van der Waals surface area contributed by atoms with E-state index in [1.807, 2.05) is 61.5 Å². The van der Waals surface area contributed by atoms with Gasteiger partial charge in [0.15, 0.2) is 0 Å². The van der Waals surface area contributed by atoms with E-state index in [9.17, 15) is 0 Å². The topological polar surface area (TPSA) is 12.4 Å². The first kappa shape index (κ1) is 14.4. The van der Waals surface area contributed by atoms with Gasteiger partial charge in [0, 0.05) is 11.3 Å². The van der Waals surface area contributed by atoms with Crippen LogP contribution in [0, 0.1) is 0 Å². The monoisotopic (exact) mass is 279 g/mol. The lowest BCUT2D eigenvalue weighted by Crippen LogP contribution is -1.95. The zero-order valence-electron chi connectivity index (χ0n) is 11.5. The number of hydrogen-bond donors (Lipinski definition) is 1. The number of allylic oxidation sites excluding steroid dienone is 1. The Morgan fingerprint density at radius 3 is 1.95 bits per heavy atom. The minimum Gasteiger partial charge on any atom is -0.252 e. The third-order valence-corrected chi connectivity index (χ3v) is 2.98. The zero-order chi connectivity index (χ0) is 14.4. The number of nitrogens with zero attached hydrogens (tertiary/aromatic N) is 1. The second kappa shape index (κ2) is 6.92. The minimum atomic E-state index is 0.688. The first-order chi connectivity index (χ1) is 9.66. The molecule has 0 saturated carbocycles. The van der Waals surface area contributed by atoms with E-state index in [1.165, 1.54) is 0 Å². The van der Waals surface area contributed by atoms with E-state index in [1.54, 1.807) is 0 Å². The Kier molecular flexibility index (Phi) is 4.97. The van der Waals surface area contributed by atoms with Gasteiger partial charge in [0.05, 0.1) is 5.70 Å². The van der Waals surface area contributed by atoms with E-state index in [-0.39, 0.29) is 0 Å². The van der Waals surface area contributed by atoms with E-state index < -0.39 is 0 Å². The molecule has 0 heterocycles. The summed E-state index contributed by atoms with van der Waals surface area (Å²) in [5.74, 6) is 0. The van der Waals surface area contributed by atoms with Gasteiger partial charge in [-0.2, -0.15) is 0 Å². The van der Waals surface area contributed by atoms with Gasteiger partial charge in [0.2, 0.25) is 0 Å². The summed E-state index contributed by atoms with van der Waals surface area (Å²) in [5, 5.41) is 0. The van der Waals surface area contributed by atoms with Crippen LogP contribution in [-0.2, 0) is 0 Å². The predicted octanol–water partition coefficient (Wildman–Crippen LogP) is 4.98. The van der Waals surface area contributed by atoms with Gasteiger partial charge in [-0.15, -0.1) is 12.6 Å². The summed E-state index contributed by atoms with van der Waals surface area (Å²) in [4.78, 5) is 5.41. The van der Waals surface area contributed by atoms with Crippen LogP contribution in [0.3, 0.4) is 0 Å². The molecular weight excluding hydrogens is 262 g/mol. The summed E-state index contributed by atoms with van der Waals surface area (Å²) in [6, 6.07) is 20.2. The summed E-state index contributed by atoms with van der Waals surface area (Å²) in [6.45, 7) is 5.83. The molecule has 0 aliphatic heterocycles. The highest BCUT2D eigenvalue weighted by Crippen LogP contribution is 2.20. The molecule has 100 valence electrons. The summed E-state index contributed by atoms with van der Waals surface area (Å²) >= 11 is 4.26. The molecule has 2 heteroatoms. The van der Waals surface area contributed by atoms with Crippen LogP contribution in [0.1, 0.15) is 18.1 Å². The average molecular weight is 279 g/mol. The normalized spacial score (nSPS) is 12.3. The molecule has 0 fully saturated rings. The fraction of sp³-hybridized carbons (Fsp3) is 0.0556. The third kappa shape index (κ3) is 3.97. The molecule has 20 heavy (non-hydrogen) atoms. The van der Waals surface area contributed by atoms with Gasteiger partial charge >= 0.3 is 0 Å². The Bertz CT molecular complexity index is 640. The van der Waals surface area contributed by atoms with Gasteiger partial charge in [-0.3, -0.25) is 4.99 Å². The maximum absolute atomic E-state index is 4.73. The molecule has 0 bridgehead atoms. The standard InChI is InChI=1S/C18H17NS/c1-14(20)13-18(17-11-7-4-8-12-17)19-15(2)16-9-5-3-6-10-16/h3-13,20H,1H2,2H3/b18-13-,19-15?. The maximum Gasteiger partial charge on any atom is 0.0716 e. The van der Waals surface area contributed by atoms with Crippen molar-refractivity contribution < 1.29 is 0 Å². The molecule has 0 aliphatic carbocycles. The van der Waals surface area contributed by atoms with Crippen molar-refractivity contribution in [2.75, 3.05) is 0 Å². The van der Waals surface area contributed by atoms with Gasteiger partial charge in [-0.05, 0) is 23.5 Å². The maximum atomic E-state index is 4.73. The average Bonchev–Trinajstić information content (AvgIpc) is 2.48. The largest absolute Gasteiger partial charge is 0.252 e. The number of rotatable bonds is 4. The fourth-order valence-corrected chi connectivity index (χ4v) is 1.99. The van der Waals surface area contributed by atoms with Crippen molar-refractivity contribution >= 4 is 24.0 Å². The zero-order valence-corrected chi connectivity index (χ0v) is 12.3. The van der Waals surface area contributed by atoms with Crippen molar-refractivity contribution in [2.24, 2.45) is 4.99 Å². The van der Waals surface area contributed by atoms with Gasteiger partial charge in [0.25, 0.3) is 0 Å². The Hall–Kier alpha value is -2.06. The van der Waals surface area contributed by atoms with E-state index >= 15 is 0 Å². The molecule has 0 spiro atoms. The van der Waals surface area contributed by atoms with E-state index in [0.29, 0.717) is 4.91 Å². The van der Waals surface area contributed by atoms with Crippen LogP contribution in [-0.4, -0.2) is 5.71 Å². The molecule has 0 saturated heterocycles. The Balaban J connectivity index is 2.42. The first-order valence-corrected chi connectivity index (χ1v) is 6.87. The number of benzene rings is 2. The van der Waals surface area contributed by atoms with Crippen molar-refractivity contribution in [1.82, 2.24) is 0 Å². The third-order valence-electron chi connectivity index (χ3n) is 2.85. The predicted molar refractivity (Wildman–Crippen MR) is 91.2 cm³/mol. The molecular formula is C18H17NS. The fourth-order valence-electron chi connectivity index (χ4n) is 1.87. The summed E-state index contributed by atoms with van der Waals surface area (Å²) < 4.78 is 0. The minimum absolute atomic E-state index is 0.688. The lowest BCUT2D eigenvalue weighted by Gasteiger charge is -2.06. The molecule has 2 aromatic rings. The number of thiol groups is 1. The summed E-state index contributed by atoms with van der Waals surface area (Å²) in [5.41, 5.74) is 4.00. The second-order valence-electron chi connectivity index (χ2n) is 4.45. The van der Waals surface area contributed by atoms with Crippen molar-refractivity contribution in [3.05, 3.63) is 89.4 Å². The van der Waals surface area contributed by atoms with Crippen molar-refractivity contribution in [2.45, 2.75) is 6.92 Å². The molecule has 0 radical (unpaired) electrons. The summed E-state index contributed by atoms with van der Waals surface area (Å²) in [7, 11) is 0. The van der Waals surface area contributed by atoms with Gasteiger partial charge < -0.3 is 0 Å². The highest BCUT2D eigenvalue weighted by atomic mass is 32.1. The highest BCUT2D eigenvalue weighted by Gasteiger charge is 2.02. The van der Waals surface area contributed by atoms with Gasteiger partial charge in [0.1, 0.15) is 0 Å². The van der Waals surface area contributed by atoms with Crippen LogP contribution in [0.2, 0.25) is 0 Å². The molecule has 0 aromatic heterocycles. The summed E-state index contributed by atoms with van der Waals surface area (Å²) in [6.07, 6.45) is 1.88. The SMILES string of the molecule is C=C(S)/C=C(\N=C(C)c1ccccc1)c1ccccc1. The van der Waals surface area contributed by atoms with Gasteiger partial charge in [-0.1, -0.05) is 67.2 Å². The van der Waals surface area contributed by atoms with E-state index in [0.717, 1.165) is 22.5 Å². The van der Waals surface area contributed by atoms with Crippen LogP contribution in [0.5, 0.6) is 0 Å². The Morgan fingerprint density at radius 2 is 1.45 bits per heavy atom. The lowest BCUT2D eigenvalue weighted by atomic mass is 10.1. The van der Waals surface area contributed by atoms with Crippen molar-refractivity contribution in [3.8, 4) is 0 Å². The van der Waals surface area contributed by atoms with E-state index in [2.05, 4.69) is 31.3 Å². The Labute approximate surface area is 125 Å². The smallest absolute Gasteiger partial charge is 0.0716 e. The van der Waals surface area contributed by atoms with Crippen molar-refractivity contribution in [1.29, 1.82) is 0 Å². The highest BCUT2D eigenvalue weighted by molar-refractivity contribution is 7.84. The second-order valence-corrected chi connectivity index (χ2v) is 5.02. The quantitative estimate of drug-likeness (QED) is 0.460. The molecule has 1 nitrogen and oxygen atoms in total. The number of aliphatic imine (C=N–C) groups is 1. The van der Waals surface area contributed by atoms with Crippen LogP contribution in [0.25, 0.3) is 5.70 Å². The number of hydrogen-bond acceptors (Lipinski definition) is 2. The van der Waals surface area contributed by atoms with Crippen LogP contribution < -0.4 is 0 Å². The van der Waals surface area contributed by atoms with Crippen LogP contribution in [0.15, 0.2) is 83.2 Å².